The van der Waals surface area contributed by atoms with E-state index < -0.39 is 11.1 Å². The molecule has 2 amide bonds. The van der Waals surface area contributed by atoms with Gasteiger partial charge in [0.05, 0.1) is 43.3 Å². The molecule has 0 saturated carbocycles. The van der Waals surface area contributed by atoms with Crippen LogP contribution in [0.1, 0.15) is 65.3 Å². The van der Waals surface area contributed by atoms with Gasteiger partial charge in [-0.05, 0) is 70.4 Å². The second-order valence-corrected chi connectivity index (χ2v) is 15.1. The lowest BCUT2D eigenvalue weighted by Crippen LogP contribution is -2.66. The molecule has 3 aliphatic rings. The fourth-order valence-electron chi connectivity index (χ4n) is 6.78. The van der Waals surface area contributed by atoms with E-state index in [1.807, 2.05) is 51.8 Å². The molecule has 4 heterocycles. The summed E-state index contributed by atoms with van der Waals surface area (Å²) in [5, 5.41) is 10.3. The Labute approximate surface area is 272 Å². The Morgan fingerprint density at radius 3 is 2.52 bits per heavy atom. The Morgan fingerprint density at radius 2 is 1.85 bits per heavy atom. The highest BCUT2D eigenvalue weighted by Crippen LogP contribution is 2.40. The Balaban J connectivity index is 1.38. The fraction of sp³-hybridized carbons (Fsp3) is 0.629. The first-order valence-electron chi connectivity index (χ1n) is 16.3. The van der Waals surface area contributed by atoms with E-state index in [1.54, 1.807) is 17.0 Å². The van der Waals surface area contributed by atoms with E-state index in [0.717, 1.165) is 22.5 Å². The summed E-state index contributed by atoms with van der Waals surface area (Å²) in [4.78, 5) is 40.4. The van der Waals surface area contributed by atoms with Gasteiger partial charge >= 0.3 is 6.09 Å². The Morgan fingerprint density at radius 1 is 1.13 bits per heavy atom. The van der Waals surface area contributed by atoms with Gasteiger partial charge in [-0.3, -0.25) is 19.6 Å². The maximum Gasteiger partial charge on any atom is 0.410 e. The molecule has 2 saturated heterocycles. The molecule has 3 aliphatic heterocycles. The van der Waals surface area contributed by atoms with Crippen LogP contribution in [-0.2, 0) is 26.1 Å². The lowest BCUT2D eigenvalue weighted by atomic mass is 9.91. The molecule has 3 atom stereocenters. The predicted molar refractivity (Wildman–Crippen MR) is 174 cm³/mol. The van der Waals surface area contributed by atoms with Gasteiger partial charge in [0.2, 0.25) is 5.91 Å². The number of pyridine rings is 1. The minimum absolute atomic E-state index is 0.0256. The number of aliphatic hydroxyl groups is 1. The van der Waals surface area contributed by atoms with Crippen LogP contribution in [0.15, 0.2) is 36.5 Å². The number of hydrogen-bond donors (Lipinski definition) is 1. The van der Waals surface area contributed by atoms with Crippen molar-refractivity contribution in [2.45, 2.75) is 83.5 Å². The summed E-state index contributed by atoms with van der Waals surface area (Å²) in [5.41, 5.74) is 2.11. The summed E-state index contributed by atoms with van der Waals surface area (Å²) in [6.45, 7) is 17.5. The number of aromatic nitrogens is 1. The quantitative estimate of drug-likeness (QED) is 0.489. The highest BCUT2D eigenvalue weighted by Gasteiger charge is 2.44. The Hall–Kier alpha value is -3.12. The molecule has 46 heavy (non-hydrogen) atoms. The van der Waals surface area contributed by atoms with Crippen LogP contribution in [0.4, 0.5) is 14.9 Å². The van der Waals surface area contributed by atoms with Crippen molar-refractivity contribution in [3.63, 3.8) is 0 Å². The molecule has 0 radical (unpaired) electrons. The van der Waals surface area contributed by atoms with Gasteiger partial charge in [-0.15, -0.1) is 0 Å². The molecule has 252 valence electrons. The van der Waals surface area contributed by atoms with E-state index >= 15 is 0 Å². The summed E-state index contributed by atoms with van der Waals surface area (Å²) < 4.78 is 25.0. The number of anilines is 1. The Bertz CT molecular complexity index is 1410. The molecule has 5 rings (SSSR count). The lowest BCUT2D eigenvalue weighted by Gasteiger charge is -2.50. The minimum Gasteiger partial charge on any atom is -0.444 e. The maximum atomic E-state index is 14.2. The van der Waals surface area contributed by atoms with Crippen molar-refractivity contribution < 1.29 is 28.6 Å². The normalized spacial score (nSPS) is 25.4. The van der Waals surface area contributed by atoms with Crippen LogP contribution >= 0.6 is 0 Å². The van der Waals surface area contributed by atoms with Crippen LogP contribution in [0, 0.1) is 5.82 Å². The molecule has 10 nitrogen and oxygen atoms in total. The molecule has 1 N–H and O–H groups in total. The fourth-order valence-corrected chi connectivity index (χ4v) is 6.78. The third kappa shape index (κ3) is 7.54. The monoisotopic (exact) mass is 639 g/mol. The summed E-state index contributed by atoms with van der Waals surface area (Å²) in [6, 6.07) is 8.14. The summed E-state index contributed by atoms with van der Waals surface area (Å²) >= 11 is 0. The maximum absolute atomic E-state index is 14.2. The highest BCUT2D eigenvalue weighted by molar-refractivity contribution is 5.97. The lowest BCUT2D eigenvalue weighted by molar-refractivity contribution is -0.123. The van der Waals surface area contributed by atoms with E-state index in [4.69, 9.17) is 14.5 Å². The number of morpholine rings is 1. The number of nitrogens with zero attached hydrogens (tertiary/aromatic N) is 5. The van der Waals surface area contributed by atoms with Crippen molar-refractivity contribution in [1.29, 1.82) is 0 Å². The van der Waals surface area contributed by atoms with Crippen molar-refractivity contribution in [2.75, 3.05) is 64.0 Å². The number of carbonyl (C=O) groups excluding carboxylic acids is 2. The van der Waals surface area contributed by atoms with Crippen LogP contribution in [-0.4, -0.2) is 119 Å². The van der Waals surface area contributed by atoms with Crippen LogP contribution in [0.3, 0.4) is 0 Å². The van der Waals surface area contributed by atoms with Crippen LogP contribution in [0.2, 0.25) is 0 Å². The zero-order valence-corrected chi connectivity index (χ0v) is 28.4. The first kappa shape index (κ1) is 34.2. The molecule has 1 aromatic heterocycles. The van der Waals surface area contributed by atoms with Gasteiger partial charge in [-0.1, -0.05) is 26.0 Å². The number of hydrogen-bond acceptors (Lipinski definition) is 8. The number of rotatable bonds is 7. The van der Waals surface area contributed by atoms with Crippen LogP contribution in [0.25, 0.3) is 0 Å². The van der Waals surface area contributed by atoms with E-state index in [9.17, 15) is 19.1 Å². The van der Waals surface area contributed by atoms with Gasteiger partial charge in [0.25, 0.3) is 0 Å². The van der Waals surface area contributed by atoms with Crippen molar-refractivity contribution in [1.82, 2.24) is 19.7 Å². The van der Waals surface area contributed by atoms with E-state index in [1.165, 1.54) is 12.1 Å². The molecule has 2 fully saturated rings. The number of piperazine rings is 1. The summed E-state index contributed by atoms with van der Waals surface area (Å²) in [7, 11) is 0. The molecule has 0 unspecified atom stereocenters. The number of aliphatic hydroxyl groups excluding tert-OH is 1. The van der Waals surface area contributed by atoms with Gasteiger partial charge in [-0.2, -0.15) is 0 Å². The average Bonchev–Trinajstić information content (AvgIpc) is 3.25. The topological polar surface area (TPSA) is 98.7 Å². The van der Waals surface area contributed by atoms with Crippen molar-refractivity contribution in [3.05, 3.63) is 59.2 Å². The number of carbonyl (C=O) groups is 2. The van der Waals surface area contributed by atoms with Gasteiger partial charge < -0.3 is 24.4 Å². The van der Waals surface area contributed by atoms with Crippen molar-refractivity contribution in [3.8, 4) is 0 Å². The van der Waals surface area contributed by atoms with Gasteiger partial charge in [0.1, 0.15) is 11.4 Å². The average molecular weight is 640 g/mol. The molecule has 11 heteroatoms. The zero-order valence-electron chi connectivity index (χ0n) is 28.4. The minimum atomic E-state index is -0.626. The smallest absolute Gasteiger partial charge is 0.410 e. The van der Waals surface area contributed by atoms with Crippen molar-refractivity contribution in [2.24, 2.45) is 0 Å². The van der Waals surface area contributed by atoms with E-state index in [0.29, 0.717) is 52.4 Å². The molecule has 2 aromatic rings. The second kappa shape index (κ2) is 13.2. The largest absolute Gasteiger partial charge is 0.444 e. The van der Waals surface area contributed by atoms with Crippen molar-refractivity contribution >= 4 is 17.7 Å². The SMILES string of the molecule is C[C@@H]1CN(CC(=O)N2CC(C)(C)c3ncc(Cc4ccc(F)cc4)cc32)[C@@H](CN2CCOC[C@@]2(C)CO)CN1C(=O)OC(C)(C)C. The molecular formula is C35H50FN5O5. The third-order valence-electron chi connectivity index (χ3n) is 9.41. The number of benzene rings is 1. The van der Waals surface area contributed by atoms with E-state index in [2.05, 4.69) is 23.6 Å². The van der Waals surface area contributed by atoms with Crippen LogP contribution < -0.4 is 4.90 Å². The number of ether oxygens (including phenoxy) is 2. The summed E-state index contributed by atoms with van der Waals surface area (Å²) in [6.07, 6.45) is 2.07. The number of amides is 2. The molecule has 0 bridgehead atoms. The second-order valence-electron chi connectivity index (χ2n) is 15.1. The standard InChI is InChI=1S/C35H50FN5O5/c1-24-17-38(28(19-40(24)32(44)46-33(2,3)4)18-39-12-13-45-23-35(39,7)22-42)20-30(43)41-21-34(5,6)31-29(41)15-26(16-37-31)14-25-8-10-27(36)11-9-25/h8-11,15-16,24,28,42H,12-14,17-23H2,1-7H3/t24-,28+,35-/m1/s1. The molecule has 0 spiro atoms. The van der Waals surface area contributed by atoms with Gasteiger partial charge in [0, 0.05) is 56.4 Å². The number of fused-ring (bicyclic) bond motifs is 1. The van der Waals surface area contributed by atoms with Gasteiger partial charge in [-0.25, -0.2) is 9.18 Å². The highest BCUT2D eigenvalue weighted by atomic mass is 19.1. The first-order chi connectivity index (χ1) is 21.6. The summed E-state index contributed by atoms with van der Waals surface area (Å²) in [5.74, 6) is -0.300. The predicted octanol–water partition coefficient (Wildman–Crippen LogP) is 3.83. The first-order valence-corrected chi connectivity index (χ1v) is 16.3. The zero-order chi connectivity index (χ0) is 33.4. The van der Waals surface area contributed by atoms with E-state index in [-0.39, 0.29) is 48.5 Å². The molecule has 1 aromatic carbocycles. The third-order valence-corrected chi connectivity index (χ3v) is 9.41. The molecular weight excluding hydrogens is 589 g/mol. The van der Waals surface area contributed by atoms with Gasteiger partial charge in [0.15, 0.2) is 0 Å². The molecule has 0 aliphatic carbocycles. The Kier molecular flexibility index (Phi) is 9.80. The van der Waals surface area contributed by atoms with Crippen LogP contribution in [0.5, 0.6) is 0 Å². The number of halogens is 1.